The third-order valence-electron chi connectivity index (χ3n) is 2.74. The lowest BCUT2D eigenvalue weighted by Crippen LogP contribution is -2.31. The summed E-state index contributed by atoms with van der Waals surface area (Å²) < 4.78 is 1.19. The van der Waals surface area contributed by atoms with Gasteiger partial charge in [-0.25, -0.2) is 4.68 Å². The molecule has 0 spiro atoms. The Bertz CT molecular complexity index is 726. The van der Waals surface area contributed by atoms with Crippen LogP contribution in [0.3, 0.4) is 0 Å². The van der Waals surface area contributed by atoms with E-state index in [4.69, 9.17) is 0 Å². The van der Waals surface area contributed by atoms with Crippen LogP contribution in [0, 0.1) is 10.1 Å². The lowest BCUT2D eigenvalue weighted by molar-refractivity contribution is -0.385. The molecule has 0 fully saturated rings. The van der Waals surface area contributed by atoms with E-state index >= 15 is 0 Å². The summed E-state index contributed by atoms with van der Waals surface area (Å²) >= 11 is 0. The van der Waals surface area contributed by atoms with Crippen LogP contribution >= 0.6 is 0 Å². The van der Waals surface area contributed by atoms with E-state index in [1.54, 1.807) is 6.07 Å². The quantitative estimate of drug-likeness (QED) is 0.639. The summed E-state index contributed by atoms with van der Waals surface area (Å²) in [5, 5.41) is 17.2. The van der Waals surface area contributed by atoms with E-state index in [2.05, 4.69) is 10.4 Å². The minimum Gasteiger partial charge on any atom is -0.350 e. The Balaban J connectivity index is 2.02. The van der Waals surface area contributed by atoms with E-state index < -0.39 is 10.8 Å². The van der Waals surface area contributed by atoms with Gasteiger partial charge in [0.05, 0.1) is 11.5 Å². The molecule has 2 rings (SSSR count). The maximum absolute atomic E-state index is 11.9. The fraction of sp³-hybridized carbons (Fsp3) is 0.154. The second kappa shape index (κ2) is 6.42. The highest BCUT2D eigenvalue weighted by molar-refractivity contribution is 5.98. The van der Waals surface area contributed by atoms with Gasteiger partial charge in [0.1, 0.15) is 5.56 Å². The number of hydrogen-bond acceptors (Lipinski definition) is 5. The number of rotatable bonds is 5. The Morgan fingerprint density at radius 2 is 2.05 bits per heavy atom. The number of nitro groups is 1. The van der Waals surface area contributed by atoms with Crippen molar-refractivity contribution in [2.24, 2.45) is 0 Å². The molecule has 1 aromatic heterocycles. The predicted molar refractivity (Wildman–Crippen MR) is 73.9 cm³/mol. The lowest BCUT2D eigenvalue weighted by Gasteiger charge is -2.06. The highest BCUT2D eigenvalue weighted by Gasteiger charge is 2.18. The SMILES string of the molecule is O=C(NCCn1ncccc1=O)c1ccccc1[N+](=O)[O-]. The van der Waals surface area contributed by atoms with Crippen LogP contribution in [-0.4, -0.2) is 27.2 Å². The molecule has 1 N–H and O–H groups in total. The molecule has 8 nitrogen and oxygen atoms in total. The van der Waals surface area contributed by atoms with Gasteiger partial charge in [-0.15, -0.1) is 0 Å². The number of nitrogens with one attached hydrogen (secondary N) is 1. The standard InChI is InChI=1S/C13H12N4O4/c18-12-6-3-7-15-16(12)9-8-14-13(19)10-4-1-2-5-11(10)17(20)21/h1-7H,8-9H2,(H,14,19). The van der Waals surface area contributed by atoms with E-state index in [1.807, 2.05) is 0 Å². The Hall–Kier alpha value is -3.03. The molecular formula is C13H12N4O4. The third kappa shape index (κ3) is 3.50. The summed E-state index contributed by atoms with van der Waals surface area (Å²) in [7, 11) is 0. The van der Waals surface area contributed by atoms with Crippen LogP contribution in [0.15, 0.2) is 47.4 Å². The van der Waals surface area contributed by atoms with Gasteiger partial charge < -0.3 is 5.32 Å². The van der Waals surface area contributed by atoms with E-state index in [1.165, 1.54) is 41.2 Å². The van der Waals surface area contributed by atoms with E-state index in [0.717, 1.165) is 0 Å². The molecule has 0 atom stereocenters. The van der Waals surface area contributed by atoms with Crippen molar-refractivity contribution in [2.75, 3.05) is 6.54 Å². The molecule has 0 saturated carbocycles. The number of nitro benzene ring substituents is 1. The summed E-state index contributed by atoms with van der Waals surface area (Å²) in [6, 6.07) is 8.55. The van der Waals surface area contributed by atoms with Crippen molar-refractivity contribution in [3.8, 4) is 0 Å². The molecule has 0 saturated heterocycles. The number of benzene rings is 1. The van der Waals surface area contributed by atoms with Gasteiger partial charge in [0.2, 0.25) is 0 Å². The molecular weight excluding hydrogens is 276 g/mol. The molecule has 1 amide bonds. The van der Waals surface area contributed by atoms with Crippen LogP contribution in [0.4, 0.5) is 5.69 Å². The monoisotopic (exact) mass is 288 g/mol. The summed E-state index contributed by atoms with van der Waals surface area (Å²) in [4.78, 5) is 33.6. The Morgan fingerprint density at radius 1 is 1.29 bits per heavy atom. The highest BCUT2D eigenvalue weighted by atomic mass is 16.6. The molecule has 21 heavy (non-hydrogen) atoms. The molecule has 0 bridgehead atoms. The molecule has 8 heteroatoms. The molecule has 0 unspecified atom stereocenters. The highest BCUT2D eigenvalue weighted by Crippen LogP contribution is 2.16. The summed E-state index contributed by atoms with van der Waals surface area (Å²) in [6.45, 7) is 0.327. The van der Waals surface area contributed by atoms with Crippen LogP contribution < -0.4 is 10.9 Å². The van der Waals surface area contributed by atoms with Crippen molar-refractivity contribution >= 4 is 11.6 Å². The first-order valence-corrected chi connectivity index (χ1v) is 6.13. The fourth-order valence-electron chi connectivity index (χ4n) is 1.75. The summed E-state index contributed by atoms with van der Waals surface area (Å²) in [5.41, 5.74) is -0.557. The molecule has 108 valence electrons. The number of carbonyl (C=O) groups is 1. The number of carbonyl (C=O) groups excluding carboxylic acids is 1. The normalized spacial score (nSPS) is 10.1. The van der Waals surface area contributed by atoms with Gasteiger partial charge >= 0.3 is 0 Å². The first-order valence-electron chi connectivity index (χ1n) is 6.13. The third-order valence-corrected chi connectivity index (χ3v) is 2.74. The maximum Gasteiger partial charge on any atom is 0.282 e. The molecule has 0 aliphatic heterocycles. The van der Waals surface area contributed by atoms with Crippen molar-refractivity contribution in [3.63, 3.8) is 0 Å². The van der Waals surface area contributed by atoms with Crippen molar-refractivity contribution in [3.05, 3.63) is 68.6 Å². The average Bonchev–Trinajstić information content (AvgIpc) is 2.49. The molecule has 1 aromatic carbocycles. The number of para-hydroxylation sites is 1. The predicted octanol–water partition coefficient (Wildman–Crippen LogP) is 0.581. The van der Waals surface area contributed by atoms with Gasteiger partial charge in [0, 0.05) is 24.9 Å². The van der Waals surface area contributed by atoms with Crippen molar-refractivity contribution in [2.45, 2.75) is 6.54 Å². The second-order valence-electron chi connectivity index (χ2n) is 4.12. The number of aromatic nitrogens is 2. The molecule has 0 aliphatic carbocycles. The molecule has 0 aliphatic rings. The largest absolute Gasteiger partial charge is 0.350 e. The Labute approximate surface area is 119 Å². The van der Waals surface area contributed by atoms with Crippen LogP contribution in [0.25, 0.3) is 0 Å². The van der Waals surface area contributed by atoms with Gasteiger partial charge in [-0.3, -0.25) is 19.7 Å². The topological polar surface area (TPSA) is 107 Å². The fourth-order valence-corrected chi connectivity index (χ4v) is 1.75. The zero-order valence-corrected chi connectivity index (χ0v) is 10.9. The van der Waals surface area contributed by atoms with Crippen LogP contribution in [0.2, 0.25) is 0 Å². The van der Waals surface area contributed by atoms with E-state index in [9.17, 15) is 19.7 Å². The first-order chi connectivity index (χ1) is 10.1. The molecule has 0 radical (unpaired) electrons. The minimum atomic E-state index is -0.613. The van der Waals surface area contributed by atoms with Crippen molar-refractivity contribution in [1.82, 2.24) is 15.1 Å². The van der Waals surface area contributed by atoms with Gasteiger partial charge in [-0.1, -0.05) is 12.1 Å². The maximum atomic E-state index is 11.9. The first kappa shape index (κ1) is 14.4. The van der Waals surface area contributed by atoms with Crippen LogP contribution in [-0.2, 0) is 6.54 Å². The second-order valence-corrected chi connectivity index (χ2v) is 4.12. The van der Waals surface area contributed by atoms with Crippen LogP contribution in [0.1, 0.15) is 10.4 Å². The zero-order chi connectivity index (χ0) is 15.2. The van der Waals surface area contributed by atoms with E-state index in [0.29, 0.717) is 0 Å². The number of amides is 1. The number of nitrogens with zero attached hydrogens (tertiary/aromatic N) is 3. The zero-order valence-electron chi connectivity index (χ0n) is 10.9. The molecule has 1 heterocycles. The van der Waals surface area contributed by atoms with Crippen molar-refractivity contribution < 1.29 is 9.72 Å². The summed E-state index contributed by atoms with van der Waals surface area (Å²) in [6.07, 6.45) is 1.46. The van der Waals surface area contributed by atoms with Gasteiger partial charge in [0.15, 0.2) is 0 Å². The van der Waals surface area contributed by atoms with Crippen LogP contribution in [0.5, 0.6) is 0 Å². The number of hydrogen-bond donors (Lipinski definition) is 1. The molecule has 2 aromatic rings. The summed E-state index contributed by atoms with van der Waals surface area (Å²) in [5.74, 6) is -0.564. The van der Waals surface area contributed by atoms with Gasteiger partial charge in [-0.05, 0) is 12.1 Å². The average molecular weight is 288 g/mol. The lowest BCUT2D eigenvalue weighted by atomic mass is 10.1. The van der Waals surface area contributed by atoms with E-state index in [-0.39, 0.29) is 29.9 Å². The Morgan fingerprint density at radius 3 is 2.76 bits per heavy atom. The minimum absolute atomic E-state index is 0.0177. The van der Waals surface area contributed by atoms with Gasteiger partial charge in [-0.2, -0.15) is 5.10 Å². The van der Waals surface area contributed by atoms with Gasteiger partial charge in [0.25, 0.3) is 17.2 Å². The van der Waals surface area contributed by atoms with Crippen molar-refractivity contribution in [1.29, 1.82) is 0 Å². The smallest absolute Gasteiger partial charge is 0.282 e. The Kier molecular flexibility index (Phi) is 4.39.